The standard InChI is InChI=1S/C10H13N7O4.2C2H6/c1-10(2,3)21-9(18)13-11-6-4-5-16-8(12-14-15-16)7(6)17(19)20;2*1-2/h4-5,11H,1-3H3,(H,13,18);2*1-2H3. The summed E-state index contributed by atoms with van der Waals surface area (Å²) in [6, 6.07) is 1.36. The lowest BCUT2D eigenvalue weighted by molar-refractivity contribution is -0.382. The van der Waals surface area contributed by atoms with Crippen LogP contribution in [0.5, 0.6) is 0 Å². The van der Waals surface area contributed by atoms with Crippen LogP contribution in [0.1, 0.15) is 48.5 Å². The van der Waals surface area contributed by atoms with Crippen LogP contribution in [0.4, 0.5) is 16.2 Å². The van der Waals surface area contributed by atoms with Crippen LogP contribution in [0.15, 0.2) is 12.3 Å². The number of nitrogens with one attached hydrogen (secondary N) is 2. The van der Waals surface area contributed by atoms with Crippen LogP contribution in [0.25, 0.3) is 5.65 Å². The summed E-state index contributed by atoms with van der Waals surface area (Å²) in [7, 11) is 0. The molecule has 0 atom stereocenters. The summed E-state index contributed by atoms with van der Waals surface area (Å²) in [5, 5.41) is 21.6. The molecule has 0 aliphatic rings. The Labute approximate surface area is 145 Å². The first-order valence-electron chi connectivity index (χ1n) is 7.88. The predicted octanol–water partition coefficient (Wildman–Crippen LogP) is 2.94. The third-order valence-corrected chi connectivity index (χ3v) is 2.22. The number of ether oxygens (including phenoxy) is 1. The van der Waals surface area contributed by atoms with E-state index in [1.54, 1.807) is 20.8 Å². The smallest absolute Gasteiger partial charge is 0.426 e. The van der Waals surface area contributed by atoms with E-state index in [9.17, 15) is 14.9 Å². The normalized spacial score (nSPS) is 9.88. The van der Waals surface area contributed by atoms with Gasteiger partial charge in [-0.2, -0.15) is 4.52 Å². The van der Waals surface area contributed by atoms with Gasteiger partial charge >= 0.3 is 11.8 Å². The number of hydrogen-bond acceptors (Lipinski definition) is 8. The summed E-state index contributed by atoms with van der Waals surface area (Å²) in [5.74, 6) is 0. The van der Waals surface area contributed by atoms with Crippen LogP contribution in [-0.2, 0) is 4.74 Å². The second-order valence-corrected chi connectivity index (χ2v) is 5.03. The number of hydrazine groups is 1. The summed E-state index contributed by atoms with van der Waals surface area (Å²) < 4.78 is 6.15. The lowest BCUT2D eigenvalue weighted by atomic mass is 10.2. The molecule has 0 saturated carbocycles. The van der Waals surface area contributed by atoms with Crippen LogP contribution in [-0.4, -0.2) is 36.7 Å². The van der Waals surface area contributed by atoms with E-state index in [1.807, 2.05) is 27.7 Å². The number of nitro groups is 1. The van der Waals surface area contributed by atoms with Gasteiger partial charge in [0.15, 0.2) is 0 Å². The molecule has 0 unspecified atom stereocenters. The van der Waals surface area contributed by atoms with Gasteiger partial charge in [-0.25, -0.2) is 10.2 Å². The molecule has 0 aliphatic carbocycles. The predicted molar refractivity (Wildman–Crippen MR) is 93.1 cm³/mol. The van der Waals surface area contributed by atoms with Gasteiger partial charge in [-0.15, -0.1) is 5.10 Å². The largest absolute Gasteiger partial charge is 0.443 e. The highest BCUT2D eigenvalue weighted by Crippen LogP contribution is 2.26. The lowest BCUT2D eigenvalue weighted by Crippen LogP contribution is -2.36. The molecular weight excluding hydrogens is 330 g/mol. The second-order valence-electron chi connectivity index (χ2n) is 5.03. The summed E-state index contributed by atoms with van der Waals surface area (Å²) in [4.78, 5) is 22.0. The number of hydrogen-bond donors (Lipinski definition) is 2. The van der Waals surface area contributed by atoms with Crippen LogP contribution < -0.4 is 10.9 Å². The van der Waals surface area contributed by atoms with Crippen molar-refractivity contribution in [2.45, 2.75) is 54.1 Å². The highest BCUT2D eigenvalue weighted by Gasteiger charge is 2.23. The first-order chi connectivity index (χ1) is 11.8. The Balaban J connectivity index is 0.00000134. The quantitative estimate of drug-likeness (QED) is 0.633. The molecule has 11 heteroatoms. The van der Waals surface area contributed by atoms with Crippen LogP contribution in [0.2, 0.25) is 0 Å². The zero-order valence-electron chi connectivity index (χ0n) is 15.5. The van der Waals surface area contributed by atoms with Gasteiger partial charge in [-0.3, -0.25) is 15.5 Å². The number of anilines is 1. The fourth-order valence-electron chi connectivity index (χ4n) is 1.50. The minimum absolute atomic E-state index is 0.0353. The summed E-state index contributed by atoms with van der Waals surface area (Å²) in [6.45, 7) is 13.1. The average Bonchev–Trinajstić information content (AvgIpc) is 3.02. The Kier molecular flexibility index (Phi) is 8.81. The van der Waals surface area contributed by atoms with E-state index in [-0.39, 0.29) is 17.0 Å². The molecule has 2 rings (SSSR count). The topological polar surface area (TPSA) is 137 Å². The molecule has 0 aromatic carbocycles. The molecule has 11 nitrogen and oxygen atoms in total. The Bertz CT molecular complexity index is 694. The van der Waals surface area contributed by atoms with Crippen molar-refractivity contribution in [1.82, 2.24) is 25.5 Å². The van der Waals surface area contributed by atoms with Crippen molar-refractivity contribution in [3.05, 3.63) is 22.4 Å². The molecule has 1 amide bonds. The third kappa shape index (κ3) is 6.57. The number of fused-ring (bicyclic) bond motifs is 1. The molecule has 0 aliphatic heterocycles. The van der Waals surface area contributed by atoms with Crippen molar-refractivity contribution in [2.75, 3.05) is 5.43 Å². The molecule has 2 aromatic rings. The van der Waals surface area contributed by atoms with E-state index >= 15 is 0 Å². The van der Waals surface area contributed by atoms with Crippen molar-refractivity contribution in [1.29, 1.82) is 0 Å². The van der Waals surface area contributed by atoms with E-state index in [4.69, 9.17) is 4.74 Å². The number of nitrogens with zero attached hydrogens (tertiary/aromatic N) is 5. The van der Waals surface area contributed by atoms with Gasteiger partial charge in [-0.05, 0) is 37.3 Å². The maximum absolute atomic E-state index is 11.5. The number of amides is 1. The van der Waals surface area contributed by atoms with Gasteiger partial charge in [0.25, 0.3) is 5.65 Å². The first kappa shape index (κ1) is 22.0. The Hall–Kier alpha value is -2.98. The first-order valence-corrected chi connectivity index (χ1v) is 7.88. The SMILES string of the molecule is CC.CC.CC(C)(C)OC(=O)NNc1ccn2nnnc2c1[N+](=O)[O-]. The van der Waals surface area contributed by atoms with Gasteiger partial charge in [0.2, 0.25) is 0 Å². The van der Waals surface area contributed by atoms with Crippen molar-refractivity contribution < 1.29 is 14.5 Å². The molecule has 140 valence electrons. The fraction of sp³-hybridized carbons (Fsp3) is 0.571. The molecule has 2 heterocycles. The highest BCUT2D eigenvalue weighted by molar-refractivity contribution is 5.77. The van der Waals surface area contributed by atoms with Crippen LogP contribution >= 0.6 is 0 Å². The zero-order chi connectivity index (χ0) is 19.6. The van der Waals surface area contributed by atoms with Gasteiger partial charge in [-0.1, -0.05) is 27.7 Å². The van der Waals surface area contributed by atoms with Crippen LogP contribution in [0.3, 0.4) is 0 Å². The molecule has 0 bridgehead atoms. The highest BCUT2D eigenvalue weighted by atomic mass is 16.6. The molecule has 0 radical (unpaired) electrons. The maximum Gasteiger partial charge on any atom is 0.426 e. The summed E-state index contributed by atoms with van der Waals surface area (Å²) in [5.41, 5.74) is 3.58. The van der Waals surface area contributed by atoms with E-state index in [2.05, 4.69) is 26.4 Å². The van der Waals surface area contributed by atoms with Crippen molar-refractivity contribution in [2.24, 2.45) is 0 Å². The monoisotopic (exact) mass is 355 g/mol. The van der Waals surface area contributed by atoms with E-state index < -0.39 is 16.6 Å². The molecule has 2 aromatic heterocycles. The third-order valence-electron chi connectivity index (χ3n) is 2.22. The average molecular weight is 355 g/mol. The molecule has 0 spiro atoms. The fourth-order valence-corrected chi connectivity index (χ4v) is 1.50. The van der Waals surface area contributed by atoms with Gasteiger partial charge in [0, 0.05) is 6.20 Å². The molecule has 2 N–H and O–H groups in total. The molecule has 25 heavy (non-hydrogen) atoms. The molecule has 0 saturated heterocycles. The Morgan fingerprint density at radius 3 is 2.40 bits per heavy atom. The minimum Gasteiger partial charge on any atom is -0.443 e. The van der Waals surface area contributed by atoms with E-state index in [0.717, 1.165) is 4.52 Å². The van der Waals surface area contributed by atoms with Crippen LogP contribution in [0, 0.1) is 10.1 Å². The summed E-state index contributed by atoms with van der Waals surface area (Å²) in [6.07, 6.45) is 0.651. The Morgan fingerprint density at radius 2 is 1.88 bits per heavy atom. The number of carbonyl (C=O) groups is 1. The van der Waals surface area contributed by atoms with Crippen molar-refractivity contribution >= 4 is 23.1 Å². The number of pyridine rings is 1. The molecule has 0 fully saturated rings. The summed E-state index contributed by atoms with van der Waals surface area (Å²) >= 11 is 0. The number of rotatable bonds is 3. The number of carbonyl (C=O) groups excluding carboxylic acids is 1. The lowest BCUT2D eigenvalue weighted by Gasteiger charge is -2.20. The van der Waals surface area contributed by atoms with Crippen molar-refractivity contribution in [3.63, 3.8) is 0 Å². The van der Waals surface area contributed by atoms with E-state index in [0.29, 0.717) is 0 Å². The van der Waals surface area contributed by atoms with Gasteiger partial charge in [0.05, 0.1) is 4.92 Å². The number of tetrazole rings is 1. The van der Waals surface area contributed by atoms with Gasteiger partial charge in [0.1, 0.15) is 11.3 Å². The Morgan fingerprint density at radius 1 is 1.28 bits per heavy atom. The second kappa shape index (κ2) is 10.0. The maximum atomic E-state index is 11.5. The van der Waals surface area contributed by atoms with Crippen molar-refractivity contribution in [3.8, 4) is 0 Å². The zero-order valence-corrected chi connectivity index (χ0v) is 15.5. The number of aromatic nitrogens is 4. The van der Waals surface area contributed by atoms with Gasteiger partial charge < -0.3 is 4.74 Å². The van der Waals surface area contributed by atoms with E-state index in [1.165, 1.54) is 12.3 Å². The minimum atomic E-state index is -0.767. The molecular formula is C14H25N7O4.